The van der Waals surface area contributed by atoms with Crippen molar-refractivity contribution in [3.05, 3.63) is 0 Å². The Morgan fingerprint density at radius 2 is 2.00 bits per heavy atom. The predicted octanol–water partition coefficient (Wildman–Crippen LogP) is 3.75. The van der Waals surface area contributed by atoms with E-state index in [-0.39, 0.29) is 0 Å². The number of fused-ring (bicyclic) bond motifs is 2. The molecular formula is C18H31NO. The normalized spacial score (nSPS) is 39.7. The van der Waals surface area contributed by atoms with E-state index in [0.29, 0.717) is 17.1 Å². The van der Waals surface area contributed by atoms with Crippen molar-refractivity contribution in [3.8, 4) is 0 Å². The van der Waals surface area contributed by atoms with Gasteiger partial charge in [-0.3, -0.25) is 4.79 Å². The van der Waals surface area contributed by atoms with E-state index in [1.165, 1.54) is 32.2 Å². The van der Waals surface area contributed by atoms with Crippen LogP contribution in [0.2, 0.25) is 0 Å². The Hall–Kier alpha value is -0.370. The van der Waals surface area contributed by atoms with Crippen molar-refractivity contribution >= 4 is 5.78 Å². The lowest BCUT2D eigenvalue weighted by Gasteiger charge is -2.37. The van der Waals surface area contributed by atoms with Crippen LogP contribution in [-0.2, 0) is 4.79 Å². The number of carbonyl (C=O) groups excluding carboxylic acids is 1. The molecule has 4 unspecified atom stereocenters. The molecule has 20 heavy (non-hydrogen) atoms. The minimum Gasteiger partial charge on any atom is -0.305 e. The lowest BCUT2D eigenvalue weighted by atomic mass is 9.71. The summed E-state index contributed by atoms with van der Waals surface area (Å²) in [7, 11) is 2.24. The third-order valence-corrected chi connectivity index (χ3v) is 6.27. The molecule has 0 aromatic rings. The standard InChI is InChI=1S/C18H31NO/c1-18(2)7-6-17(20)16(10-18)12-19(3)11-15-9-13-4-5-14(15)8-13/h13-16H,4-12H2,1-3H3. The van der Waals surface area contributed by atoms with Gasteiger partial charge in [-0.1, -0.05) is 20.3 Å². The summed E-state index contributed by atoms with van der Waals surface area (Å²) in [5, 5.41) is 0. The van der Waals surface area contributed by atoms with Crippen molar-refractivity contribution < 1.29 is 4.79 Å². The zero-order valence-electron chi connectivity index (χ0n) is 13.5. The maximum atomic E-state index is 12.2. The molecule has 0 amide bonds. The monoisotopic (exact) mass is 277 g/mol. The van der Waals surface area contributed by atoms with Gasteiger partial charge in [0.15, 0.2) is 0 Å². The van der Waals surface area contributed by atoms with E-state index in [1.807, 2.05) is 0 Å². The largest absolute Gasteiger partial charge is 0.305 e. The molecule has 3 saturated carbocycles. The Bertz CT molecular complexity index is 376. The highest BCUT2D eigenvalue weighted by Gasteiger charge is 2.40. The van der Waals surface area contributed by atoms with E-state index >= 15 is 0 Å². The third kappa shape index (κ3) is 3.10. The maximum Gasteiger partial charge on any atom is 0.137 e. The summed E-state index contributed by atoms with van der Waals surface area (Å²) in [5.41, 5.74) is 0.367. The highest BCUT2D eigenvalue weighted by Crippen LogP contribution is 2.48. The van der Waals surface area contributed by atoms with Gasteiger partial charge in [-0.2, -0.15) is 0 Å². The van der Waals surface area contributed by atoms with E-state index < -0.39 is 0 Å². The van der Waals surface area contributed by atoms with Crippen LogP contribution >= 0.6 is 0 Å². The van der Waals surface area contributed by atoms with Crippen molar-refractivity contribution in [2.45, 2.75) is 58.8 Å². The number of nitrogens with zero attached hydrogens (tertiary/aromatic N) is 1. The summed E-state index contributed by atoms with van der Waals surface area (Å²) in [6.07, 6.45) is 8.89. The Balaban J connectivity index is 1.50. The van der Waals surface area contributed by atoms with E-state index in [4.69, 9.17) is 0 Å². The fourth-order valence-electron chi connectivity index (χ4n) is 5.17. The van der Waals surface area contributed by atoms with Crippen molar-refractivity contribution in [3.63, 3.8) is 0 Å². The molecule has 0 aromatic carbocycles. The topological polar surface area (TPSA) is 20.3 Å². The maximum absolute atomic E-state index is 12.2. The van der Waals surface area contributed by atoms with E-state index in [0.717, 1.165) is 43.6 Å². The number of hydrogen-bond donors (Lipinski definition) is 0. The zero-order chi connectivity index (χ0) is 14.3. The molecule has 3 aliphatic carbocycles. The van der Waals surface area contributed by atoms with Crippen LogP contribution < -0.4 is 0 Å². The van der Waals surface area contributed by atoms with Gasteiger partial charge in [0.1, 0.15) is 5.78 Å². The molecule has 2 bridgehead atoms. The molecule has 3 fully saturated rings. The van der Waals surface area contributed by atoms with Crippen molar-refractivity contribution in [2.75, 3.05) is 20.1 Å². The number of hydrogen-bond acceptors (Lipinski definition) is 2. The van der Waals surface area contributed by atoms with Gasteiger partial charge in [0, 0.05) is 25.4 Å². The zero-order valence-corrected chi connectivity index (χ0v) is 13.5. The first kappa shape index (κ1) is 14.6. The van der Waals surface area contributed by atoms with Crippen molar-refractivity contribution in [1.29, 1.82) is 0 Å². The Labute approximate surface area is 124 Å². The van der Waals surface area contributed by atoms with Gasteiger partial charge >= 0.3 is 0 Å². The smallest absolute Gasteiger partial charge is 0.137 e. The number of ketones is 1. The van der Waals surface area contributed by atoms with Crippen LogP contribution in [0.15, 0.2) is 0 Å². The summed E-state index contributed by atoms with van der Waals surface area (Å²) in [6, 6.07) is 0. The highest BCUT2D eigenvalue weighted by atomic mass is 16.1. The molecule has 0 saturated heterocycles. The molecule has 0 N–H and O–H groups in total. The van der Waals surface area contributed by atoms with Crippen LogP contribution in [0.3, 0.4) is 0 Å². The summed E-state index contributed by atoms with van der Waals surface area (Å²) >= 11 is 0. The average molecular weight is 277 g/mol. The third-order valence-electron chi connectivity index (χ3n) is 6.27. The molecule has 0 radical (unpaired) electrons. The van der Waals surface area contributed by atoms with Gasteiger partial charge in [-0.15, -0.1) is 0 Å². The second-order valence-electron chi connectivity index (χ2n) is 8.69. The second kappa shape index (κ2) is 5.44. The fourth-order valence-corrected chi connectivity index (χ4v) is 5.17. The molecule has 3 rings (SSSR count). The Kier molecular flexibility index (Phi) is 3.96. The molecule has 3 aliphatic rings. The summed E-state index contributed by atoms with van der Waals surface area (Å²) in [4.78, 5) is 14.6. The first-order chi connectivity index (χ1) is 9.43. The van der Waals surface area contributed by atoms with Crippen LogP contribution in [0.1, 0.15) is 58.8 Å². The molecule has 0 heterocycles. The lowest BCUT2D eigenvalue weighted by Crippen LogP contribution is -2.39. The number of Topliss-reactive ketones (excluding diaryl/α,β-unsaturated/α-hetero) is 1. The minimum absolute atomic E-state index is 0.294. The molecule has 0 spiro atoms. The Morgan fingerprint density at radius 1 is 1.20 bits per heavy atom. The summed E-state index contributed by atoms with van der Waals surface area (Å²) < 4.78 is 0. The van der Waals surface area contributed by atoms with Crippen LogP contribution in [0, 0.1) is 29.1 Å². The van der Waals surface area contributed by atoms with Crippen molar-refractivity contribution in [2.24, 2.45) is 29.1 Å². The predicted molar refractivity (Wildman–Crippen MR) is 82.6 cm³/mol. The molecular weight excluding hydrogens is 246 g/mol. The molecule has 114 valence electrons. The molecule has 4 atom stereocenters. The SMILES string of the molecule is CN(CC1CC(C)(C)CCC1=O)CC1CC2CCC1C2. The van der Waals surface area contributed by atoms with Crippen LogP contribution in [-0.4, -0.2) is 30.8 Å². The summed E-state index contributed by atoms with van der Waals surface area (Å²) in [5.74, 6) is 3.77. The highest BCUT2D eigenvalue weighted by molar-refractivity contribution is 5.82. The van der Waals surface area contributed by atoms with Crippen LogP contribution in [0.5, 0.6) is 0 Å². The second-order valence-corrected chi connectivity index (χ2v) is 8.69. The van der Waals surface area contributed by atoms with Gasteiger partial charge in [-0.05, 0) is 62.3 Å². The Morgan fingerprint density at radius 3 is 2.65 bits per heavy atom. The molecule has 0 aromatic heterocycles. The van der Waals surface area contributed by atoms with E-state index in [2.05, 4.69) is 25.8 Å². The average Bonchev–Trinajstić information content (AvgIpc) is 2.95. The van der Waals surface area contributed by atoms with Gasteiger partial charge in [-0.25, -0.2) is 0 Å². The minimum atomic E-state index is 0.294. The fraction of sp³-hybridized carbons (Fsp3) is 0.944. The van der Waals surface area contributed by atoms with Crippen molar-refractivity contribution in [1.82, 2.24) is 4.90 Å². The quantitative estimate of drug-likeness (QED) is 0.780. The van der Waals surface area contributed by atoms with E-state index in [9.17, 15) is 4.79 Å². The van der Waals surface area contributed by atoms with Crippen LogP contribution in [0.4, 0.5) is 0 Å². The number of carbonyl (C=O) groups is 1. The van der Waals surface area contributed by atoms with E-state index in [1.54, 1.807) is 0 Å². The molecule has 2 heteroatoms. The van der Waals surface area contributed by atoms with Gasteiger partial charge < -0.3 is 4.90 Å². The van der Waals surface area contributed by atoms with Gasteiger partial charge in [0.05, 0.1) is 0 Å². The van der Waals surface area contributed by atoms with Crippen LogP contribution in [0.25, 0.3) is 0 Å². The van der Waals surface area contributed by atoms with Gasteiger partial charge in [0.25, 0.3) is 0 Å². The lowest BCUT2D eigenvalue weighted by molar-refractivity contribution is -0.127. The molecule has 2 nitrogen and oxygen atoms in total. The van der Waals surface area contributed by atoms with Gasteiger partial charge in [0.2, 0.25) is 0 Å². The summed E-state index contributed by atoms with van der Waals surface area (Å²) in [6.45, 7) is 6.87. The first-order valence-corrected chi connectivity index (χ1v) is 8.64. The molecule has 0 aliphatic heterocycles. The first-order valence-electron chi connectivity index (χ1n) is 8.64. The number of rotatable bonds is 4.